The van der Waals surface area contributed by atoms with E-state index in [0.717, 1.165) is 57.1 Å². The predicted molar refractivity (Wildman–Crippen MR) is 131 cm³/mol. The van der Waals surface area contributed by atoms with Crippen molar-refractivity contribution in [2.45, 2.75) is 97.0 Å². The van der Waals surface area contributed by atoms with Crippen molar-refractivity contribution in [1.82, 2.24) is 9.80 Å². The van der Waals surface area contributed by atoms with Crippen LogP contribution in [-0.2, 0) is 14.3 Å². The number of hydrogen-bond donors (Lipinski definition) is 0. The van der Waals surface area contributed by atoms with E-state index in [4.69, 9.17) is 4.74 Å². The third-order valence-corrected chi connectivity index (χ3v) is 6.03. The summed E-state index contributed by atoms with van der Waals surface area (Å²) in [6.45, 7) is 6.27. The smallest absolute Gasteiger partial charge is 0.306 e. The average Bonchev–Trinajstić information content (AvgIpc) is 2.72. The molecule has 0 bridgehead atoms. The van der Waals surface area contributed by atoms with Gasteiger partial charge in [0, 0.05) is 38.2 Å². The number of amides is 1. The molecule has 0 rings (SSSR count). The molecule has 0 saturated heterocycles. The molecule has 0 spiro atoms. The summed E-state index contributed by atoms with van der Waals surface area (Å²) in [5, 5.41) is 0.0260. The fourth-order valence-corrected chi connectivity index (χ4v) is 4.23. The van der Waals surface area contributed by atoms with E-state index in [9.17, 15) is 14.4 Å². The van der Waals surface area contributed by atoms with Gasteiger partial charge in [0.2, 0.25) is 0 Å². The largest absolute Gasteiger partial charge is 0.462 e. The van der Waals surface area contributed by atoms with Gasteiger partial charge in [-0.05, 0) is 52.6 Å². The normalized spacial score (nSPS) is 11.2. The summed E-state index contributed by atoms with van der Waals surface area (Å²) in [5.74, 6) is 0.577. The first kappa shape index (κ1) is 29.9. The van der Waals surface area contributed by atoms with Crippen molar-refractivity contribution in [1.29, 1.82) is 0 Å². The molecular formula is C24H46N2O4S. The van der Waals surface area contributed by atoms with Crippen molar-refractivity contribution in [3.05, 3.63) is 0 Å². The summed E-state index contributed by atoms with van der Waals surface area (Å²) in [6.07, 6.45) is 11.7. The molecule has 0 aliphatic heterocycles. The Balaban J connectivity index is 4.48. The van der Waals surface area contributed by atoms with Gasteiger partial charge in [0.15, 0.2) is 0 Å². The average molecular weight is 459 g/mol. The first-order chi connectivity index (χ1) is 14.9. The second kappa shape index (κ2) is 20.8. The highest BCUT2D eigenvalue weighted by atomic mass is 32.2. The number of carbonyl (C=O) groups excluding carboxylic acids is 3. The first-order valence-electron chi connectivity index (χ1n) is 12.1. The lowest BCUT2D eigenvalue weighted by molar-refractivity contribution is -0.150. The molecule has 0 N–H and O–H groups in total. The van der Waals surface area contributed by atoms with Gasteiger partial charge in [0.05, 0.1) is 0 Å². The molecule has 0 radical (unpaired) electrons. The van der Waals surface area contributed by atoms with Crippen LogP contribution in [-0.4, -0.2) is 72.9 Å². The van der Waals surface area contributed by atoms with E-state index in [1.807, 2.05) is 19.0 Å². The molecule has 0 aromatic rings. The molecule has 0 heterocycles. The number of hydrogen-bond acceptors (Lipinski definition) is 6. The van der Waals surface area contributed by atoms with Crippen LogP contribution < -0.4 is 0 Å². The van der Waals surface area contributed by atoms with E-state index in [1.165, 1.54) is 24.6 Å². The highest BCUT2D eigenvalue weighted by Crippen LogP contribution is 2.16. The van der Waals surface area contributed by atoms with Crippen LogP contribution in [0, 0.1) is 0 Å². The molecule has 7 heteroatoms. The number of aldehydes is 1. The van der Waals surface area contributed by atoms with Crippen LogP contribution in [0.1, 0.15) is 90.9 Å². The number of nitrogens with zero attached hydrogens (tertiary/aromatic N) is 2. The minimum absolute atomic E-state index is 0.0255. The third kappa shape index (κ3) is 18.2. The Labute approximate surface area is 194 Å². The second-order valence-electron chi connectivity index (χ2n) is 8.42. The fourth-order valence-electron chi connectivity index (χ4n) is 3.23. The standard InChI is InChI=1S/C24H46N2O4S/c1-5-7-9-14-22(15-10-8-6-2)30-23(28)16-13-18-26(17-11-12-20-27)24(29)31-21-19-25(3)4/h20,22H,5-19,21H2,1-4H3. The van der Waals surface area contributed by atoms with E-state index < -0.39 is 0 Å². The zero-order valence-electron chi connectivity index (χ0n) is 20.4. The molecule has 0 saturated carbocycles. The van der Waals surface area contributed by atoms with E-state index in [-0.39, 0.29) is 17.3 Å². The molecule has 0 fully saturated rings. The quantitative estimate of drug-likeness (QED) is 0.136. The molecule has 0 aromatic heterocycles. The zero-order chi connectivity index (χ0) is 23.3. The minimum atomic E-state index is -0.154. The van der Waals surface area contributed by atoms with Crippen molar-refractivity contribution in [3.63, 3.8) is 0 Å². The van der Waals surface area contributed by atoms with Crippen LogP contribution in [0.5, 0.6) is 0 Å². The lowest BCUT2D eigenvalue weighted by Crippen LogP contribution is -2.31. The van der Waals surface area contributed by atoms with Crippen LogP contribution in [0.4, 0.5) is 4.79 Å². The van der Waals surface area contributed by atoms with Crippen LogP contribution in [0.15, 0.2) is 0 Å². The lowest BCUT2D eigenvalue weighted by atomic mass is 10.0. The Kier molecular flexibility index (Phi) is 20.1. The summed E-state index contributed by atoms with van der Waals surface area (Å²) >= 11 is 1.30. The van der Waals surface area contributed by atoms with E-state index in [2.05, 4.69) is 13.8 Å². The predicted octanol–water partition coefficient (Wildman–Crippen LogP) is 5.53. The Morgan fingerprint density at radius 3 is 2.06 bits per heavy atom. The summed E-state index contributed by atoms with van der Waals surface area (Å²) in [4.78, 5) is 39.4. The van der Waals surface area contributed by atoms with Gasteiger partial charge in [-0.1, -0.05) is 51.3 Å². The molecule has 182 valence electrons. The summed E-state index contributed by atoms with van der Waals surface area (Å²) in [6, 6.07) is 0. The molecule has 0 aromatic carbocycles. The first-order valence-corrected chi connectivity index (χ1v) is 13.1. The maximum absolute atomic E-state index is 12.5. The number of thioether (sulfide) groups is 1. The van der Waals surface area contributed by atoms with Gasteiger partial charge in [-0.3, -0.25) is 9.59 Å². The maximum atomic E-state index is 12.5. The summed E-state index contributed by atoms with van der Waals surface area (Å²) in [5.41, 5.74) is 0. The van der Waals surface area contributed by atoms with Crippen LogP contribution in [0.3, 0.4) is 0 Å². The third-order valence-electron chi connectivity index (χ3n) is 5.14. The second-order valence-corrected chi connectivity index (χ2v) is 9.47. The van der Waals surface area contributed by atoms with E-state index >= 15 is 0 Å². The van der Waals surface area contributed by atoms with Gasteiger partial charge >= 0.3 is 5.97 Å². The van der Waals surface area contributed by atoms with Gasteiger partial charge in [-0.15, -0.1) is 0 Å². The SMILES string of the molecule is CCCCCC(CCCCC)OC(=O)CCCN(CCCC=O)C(=O)SCCN(C)C. The van der Waals surface area contributed by atoms with Gasteiger partial charge in [-0.25, -0.2) is 0 Å². The Hall–Kier alpha value is -1.08. The van der Waals surface area contributed by atoms with Crippen LogP contribution in [0.2, 0.25) is 0 Å². The Bertz CT molecular complexity index is 464. The molecular weight excluding hydrogens is 412 g/mol. The number of carbonyl (C=O) groups is 3. The minimum Gasteiger partial charge on any atom is -0.462 e. The van der Waals surface area contributed by atoms with Crippen molar-refractivity contribution < 1.29 is 19.1 Å². The van der Waals surface area contributed by atoms with Crippen LogP contribution >= 0.6 is 11.8 Å². The molecule has 0 aliphatic carbocycles. The fraction of sp³-hybridized carbons (Fsp3) is 0.875. The Morgan fingerprint density at radius 1 is 0.903 bits per heavy atom. The number of unbranched alkanes of at least 4 members (excludes halogenated alkanes) is 5. The van der Waals surface area contributed by atoms with Crippen LogP contribution in [0.25, 0.3) is 0 Å². The maximum Gasteiger partial charge on any atom is 0.306 e. The highest BCUT2D eigenvalue weighted by molar-refractivity contribution is 8.13. The molecule has 0 aliphatic rings. The van der Waals surface area contributed by atoms with Gasteiger partial charge in [0.25, 0.3) is 5.24 Å². The molecule has 0 atom stereocenters. The van der Waals surface area contributed by atoms with E-state index in [1.54, 1.807) is 4.90 Å². The van der Waals surface area contributed by atoms with Crippen molar-refractivity contribution >= 4 is 29.3 Å². The van der Waals surface area contributed by atoms with Gasteiger partial charge in [0.1, 0.15) is 12.4 Å². The summed E-state index contributed by atoms with van der Waals surface area (Å²) in [7, 11) is 3.96. The monoisotopic (exact) mass is 458 g/mol. The highest BCUT2D eigenvalue weighted by Gasteiger charge is 2.17. The van der Waals surface area contributed by atoms with Crippen molar-refractivity contribution in [2.75, 3.05) is 39.5 Å². The molecule has 31 heavy (non-hydrogen) atoms. The number of ether oxygens (including phenoxy) is 1. The van der Waals surface area contributed by atoms with Crippen molar-refractivity contribution in [3.8, 4) is 0 Å². The van der Waals surface area contributed by atoms with Crippen molar-refractivity contribution in [2.24, 2.45) is 0 Å². The summed E-state index contributed by atoms with van der Waals surface area (Å²) < 4.78 is 5.78. The Morgan fingerprint density at radius 2 is 1.52 bits per heavy atom. The number of rotatable bonds is 20. The molecule has 0 unspecified atom stereocenters. The molecule has 1 amide bonds. The lowest BCUT2D eigenvalue weighted by Gasteiger charge is -2.22. The molecule has 6 nitrogen and oxygen atoms in total. The van der Waals surface area contributed by atoms with Gasteiger partial charge in [-0.2, -0.15) is 0 Å². The number of esters is 1. The topological polar surface area (TPSA) is 66.9 Å². The van der Waals surface area contributed by atoms with E-state index in [0.29, 0.717) is 38.8 Å². The zero-order valence-corrected chi connectivity index (χ0v) is 21.2. The van der Waals surface area contributed by atoms with Gasteiger partial charge < -0.3 is 19.3 Å².